The number of para-hydroxylation sites is 2. The van der Waals surface area contributed by atoms with Crippen LogP contribution in [0.1, 0.15) is 103 Å². The number of rotatable bonds is 6. The summed E-state index contributed by atoms with van der Waals surface area (Å²) in [6.07, 6.45) is 1.86. The normalized spacial score (nSPS) is 12.5. The van der Waals surface area contributed by atoms with Crippen LogP contribution in [0.3, 0.4) is 0 Å². The summed E-state index contributed by atoms with van der Waals surface area (Å²) in [5, 5.41) is 14.6. The number of imidazole rings is 1. The van der Waals surface area contributed by atoms with E-state index in [0.717, 1.165) is 66.8 Å². The smallest absolute Gasteiger partial charge is 0.149 e. The molecule has 0 aliphatic heterocycles. The zero-order chi connectivity index (χ0) is 37.1. The molecule has 0 radical (unpaired) electrons. The van der Waals surface area contributed by atoms with Crippen molar-refractivity contribution in [3.05, 3.63) is 132 Å². The number of hydrogen-bond donors (Lipinski definition) is 1. The zero-order valence-electron chi connectivity index (χ0n) is 32.3. The summed E-state index contributed by atoms with van der Waals surface area (Å²) in [6.45, 7) is 22.3. The van der Waals surface area contributed by atoms with Crippen LogP contribution >= 0.6 is 0 Å². The second kappa shape index (κ2) is 13.1. The van der Waals surface area contributed by atoms with Gasteiger partial charge in [-0.25, -0.2) is 4.98 Å². The average molecular weight is 686 g/mol. The Hall–Kier alpha value is -5.22. The van der Waals surface area contributed by atoms with E-state index in [1.807, 2.05) is 18.3 Å². The van der Waals surface area contributed by atoms with Gasteiger partial charge < -0.3 is 5.11 Å². The van der Waals surface area contributed by atoms with Crippen LogP contribution < -0.4 is 0 Å². The highest BCUT2D eigenvalue weighted by atomic mass is 16.3. The van der Waals surface area contributed by atoms with Gasteiger partial charge in [-0.1, -0.05) is 136 Å². The fraction of sp³-hybridized carbons (Fsp3) is 0.292. The first-order valence-corrected chi connectivity index (χ1v) is 18.6. The first-order chi connectivity index (χ1) is 24.6. The Balaban J connectivity index is 1.64. The molecule has 264 valence electrons. The Morgan fingerprint density at radius 2 is 1.31 bits per heavy atom. The Morgan fingerprint density at radius 1 is 0.635 bits per heavy atom. The van der Waals surface area contributed by atoms with Crippen LogP contribution in [-0.2, 0) is 10.8 Å². The topological polar surface area (TPSA) is 50.9 Å². The van der Waals surface area contributed by atoms with Gasteiger partial charge in [-0.15, -0.1) is 0 Å². The number of phenols is 1. The van der Waals surface area contributed by atoms with Crippen LogP contribution in [0.15, 0.2) is 109 Å². The number of benzene rings is 5. The zero-order valence-corrected chi connectivity index (χ0v) is 32.3. The summed E-state index contributed by atoms with van der Waals surface area (Å²) in [6, 6.07) is 36.7. The molecule has 0 saturated carbocycles. The molecule has 7 aromatic rings. The fourth-order valence-electron chi connectivity index (χ4n) is 7.52. The predicted octanol–water partition coefficient (Wildman–Crippen LogP) is 13.1. The number of pyridine rings is 1. The lowest BCUT2D eigenvalue weighted by molar-refractivity contribution is 0.446. The molecule has 0 spiro atoms. The average Bonchev–Trinajstić information content (AvgIpc) is 3.49. The van der Waals surface area contributed by atoms with E-state index < -0.39 is 0 Å². The largest absolute Gasteiger partial charge is 0.507 e. The van der Waals surface area contributed by atoms with Gasteiger partial charge in [0.25, 0.3) is 0 Å². The lowest BCUT2D eigenvalue weighted by Gasteiger charge is -2.28. The van der Waals surface area contributed by atoms with Crippen molar-refractivity contribution >= 4 is 21.8 Å². The van der Waals surface area contributed by atoms with Crippen LogP contribution in [-0.4, -0.2) is 19.6 Å². The third-order valence-electron chi connectivity index (χ3n) is 10.4. The molecule has 5 aromatic carbocycles. The molecule has 0 bridgehead atoms. The molecule has 0 aliphatic carbocycles. The second-order valence-corrected chi connectivity index (χ2v) is 16.9. The van der Waals surface area contributed by atoms with Crippen LogP contribution in [0.25, 0.3) is 61.3 Å². The molecule has 0 saturated heterocycles. The summed E-state index contributed by atoms with van der Waals surface area (Å²) in [7, 11) is 0. The maximum Gasteiger partial charge on any atom is 0.149 e. The van der Waals surface area contributed by atoms with Gasteiger partial charge in [0.2, 0.25) is 0 Å². The molecular formula is C48H51N3O. The molecule has 4 heteroatoms. The molecule has 1 N–H and O–H groups in total. The maximum absolute atomic E-state index is 12.3. The number of hydrogen-bond acceptors (Lipinski definition) is 3. The number of aromatic nitrogens is 3. The monoisotopic (exact) mass is 685 g/mol. The maximum atomic E-state index is 12.3. The van der Waals surface area contributed by atoms with Crippen LogP contribution in [0.2, 0.25) is 0 Å². The standard InChI is InChI=1S/C48H51N3O/c1-29(2)34-19-15-20-35(30(3)4)44(34)51-42-23-16-21-37(32-25-31-17-11-12-18-36(31)38(26-32)41-22-13-14-24-49-41)43(42)50-46(51)39-27-33(47(5,6)7)28-40(45(39)52)48(8,9)10/h11-30,52H,1-10H3. The number of aromatic hydroxyl groups is 1. The first kappa shape index (κ1) is 35.2. The van der Waals surface area contributed by atoms with Crippen molar-refractivity contribution in [3.63, 3.8) is 0 Å². The highest BCUT2D eigenvalue weighted by Gasteiger charge is 2.30. The minimum absolute atomic E-state index is 0.143. The molecule has 0 unspecified atom stereocenters. The predicted molar refractivity (Wildman–Crippen MR) is 220 cm³/mol. The van der Waals surface area contributed by atoms with Crippen LogP contribution in [0, 0.1) is 0 Å². The van der Waals surface area contributed by atoms with Crippen molar-refractivity contribution in [3.8, 4) is 45.2 Å². The Bertz CT molecular complexity index is 2410. The molecule has 0 aliphatic rings. The molecule has 2 heterocycles. The van der Waals surface area contributed by atoms with Gasteiger partial charge in [-0.3, -0.25) is 9.55 Å². The summed E-state index contributed by atoms with van der Waals surface area (Å²) in [5.74, 6) is 1.57. The Kier molecular flexibility index (Phi) is 8.85. The Morgan fingerprint density at radius 3 is 1.94 bits per heavy atom. The summed E-state index contributed by atoms with van der Waals surface area (Å²) >= 11 is 0. The summed E-state index contributed by atoms with van der Waals surface area (Å²) in [4.78, 5) is 10.4. The third-order valence-corrected chi connectivity index (χ3v) is 10.4. The third kappa shape index (κ3) is 6.19. The molecular weight excluding hydrogens is 635 g/mol. The van der Waals surface area contributed by atoms with Crippen molar-refractivity contribution in [2.45, 2.75) is 91.9 Å². The van der Waals surface area contributed by atoms with E-state index in [1.165, 1.54) is 16.7 Å². The van der Waals surface area contributed by atoms with E-state index in [9.17, 15) is 5.11 Å². The lowest BCUT2D eigenvalue weighted by Crippen LogP contribution is -2.17. The molecule has 0 atom stereocenters. The van der Waals surface area contributed by atoms with Crippen molar-refractivity contribution in [1.82, 2.24) is 14.5 Å². The van der Waals surface area contributed by atoms with E-state index in [1.54, 1.807) is 0 Å². The van der Waals surface area contributed by atoms with Gasteiger partial charge in [-0.05, 0) is 92.1 Å². The SMILES string of the molecule is CC(C)c1cccc(C(C)C)c1-n1c(-c2cc(C(C)(C)C)cc(C(C)(C)C)c2O)nc2c(-c3cc(-c4ccccn4)c4ccccc4c3)cccc21. The molecule has 0 fully saturated rings. The van der Waals surface area contributed by atoms with E-state index in [0.29, 0.717) is 0 Å². The van der Waals surface area contributed by atoms with E-state index in [4.69, 9.17) is 9.97 Å². The van der Waals surface area contributed by atoms with Crippen LogP contribution in [0.4, 0.5) is 0 Å². The van der Waals surface area contributed by atoms with Gasteiger partial charge in [0, 0.05) is 22.9 Å². The van der Waals surface area contributed by atoms with Gasteiger partial charge in [0.1, 0.15) is 11.6 Å². The highest BCUT2D eigenvalue weighted by Crippen LogP contribution is 2.46. The lowest BCUT2D eigenvalue weighted by atomic mass is 9.79. The van der Waals surface area contributed by atoms with E-state index >= 15 is 0 Å². The molecule has 4 nitrogen and oxygen atoms in total. The second-order valence-electron chi connectivity index (χ2n) is 16.9. The molecule has 2 aromatic heterocycles. The minimum Gasteiger partial charge on any atom is -0.507 e. The quantitative estimate of drug-likeness (QED) is 0.190. The fourth-order valence-corrected chi connectivity index (χ4v) is 7.52. The van der Waals surface area contributed by atoms with Gasteiger partial charge >= 0.3 is 0 Å². The van der Waals surface area contributed by atoms with Gasteiger partial charge in [0.05, 0.1) is 28.0 Å². The summed E-state index contributed by atoms with van der Waals surface area (Å²) < 4.78 is 2.35. The summed E-state index contributed by atoms with van der Waals surface area (Å²) in [5.41, 5.74) is 12.1. The van der Waals surface area contributed by atoms with E-state index in [-0.39, 0.29) is 28.4 Å². The molecule has 52 heavy (non-hydrogen) atoms. The van der Waals surface area contributed by atoms with Crippen molar-refractivity contribution in [2.24, 2.45) is 0 Å². The molecule has 7 rings (SSSR count). The first-order valence-electron chi connectivity index (χ1n) is 18.6. The number of nitrogens with zero attached hydrogens (tertiary/aromatic N) is 3. The van der Waals surface area contributed by atoms with Crippen LogP contribution in [0.5, 0.6) is 5.75 Å². The van der Waals surface area contributed by atoms with Crippen molar-refractivity contribution in [2.75, 3.05) is 0 Å². The Labute approximate surface area is 309 Å². The molecule has 0 amide bonds. The van der Waals surface area contributed by atoms with Gasteiger partial charge in [0.15, 0.2) is 0 Å². The van der Waals surface area contributed by atoms with Crippen molar-refractivity contribution in [1.29, 1.82) is 0 Å². The number of fused-ring (bicyclic) bond motifs is 2. The van der Waals surface area contributed by atoms with Gasteiger partial charge in [-0.2, -0.15) is 0 Å². The highest BCUT2D eigenvalue weighted by molar-refractivity contribution is 6.03. The van der Waals surface area contributed by atoms with E-state index in [2.05, 4.69) is 165 Å². The van der Waals surface area contributed by atoms with Crippen molar-refractivity contribution < 1.29 is 5.11 Å². The number of phenolic OH excluding ortho intramolecular Hbond substituents is 1. The minimum atomic E-state index is -0.284.